The number of thiophene rings is 1. The summed E-state index contributed by atoms with van der Waals surface area (Å²) in [7, 11) is 0. The van der Waals surface area contributed by atoms with E-state index in [-0.39, 0.29) is 41.1 Å². The number of thiocarbonyl (C=S) groups is 1. The van der Waals surface area contributed by atoms with Gasteiger partial charge in [-0.15, -0.1) is 11.3 Å². The molecule has 0 spiro atoms. The maximum atomic E-state index is 12.4. The molecular weight excluding hydrogens is 412 g/mol. The van der Waals surface area contributed by atoms with Crippen LogP contribution in [-0.2, 0) is 20.7 Å². The van der Waals surface area contributed by atoms with Crippen LogP contribution in [0.25, 0.3) is 0 Å². The molecule has 0 aliphatic rings. The number of carbonyl (C=O) groups is 3. The Bertz CT molecular complexity index is 909. The molecule has 0 aliphatic heterocycles. The van der Waals surface area contributed by atoms with E-state index in [1.807, 2.05) is 30.3 Å². The largest absolute Gasteiger partial charge is 0.462 e. The number of nitrogens with one attached hydrogen (secondary N) is 2. The molecule has 1 amide bonds. The zero-order valence-corrected chi connectivity index (χ0v) is 18.0. The highest BCUT2D eigenvalue weighted by atomic mass is 32.1. The van der Waals surface area contributed by atoms with Crippen LogP contribution in [0, 0.1) is 6.92 Å². The van der Waals surface area contributed by atoms with Crippen molar-refractivity contribution in [2.24, 2.45) is 0 Å². The van der Waals surface area contributed by atoms with E-state index in [0.29, 0.717) is 10.6 Å². The second-order valence-corrected chi connectivity index (χ2v) is 7.29. The van der Waals surface area contributed by atoms with Crippen LogP contribution in [0.15, 0.2) is 30.3 Å². The van der Waals surface area contributed by atoms with Gasteiger partial charge >= 0.3 is 11.9 Å². The Labute approximate surface area is 178 Å². The number of carbonyl (C=O) groups excluding carboxylic acids is 3. The molecule has 0 atom stereocenters. The van der Waals surface area contributed by atoms with Crippen molar-refractivity contribution in [2.45, 2.75) is 27.2 Å². The van der Waals surface area contributed by atoms with E-state index in [0.717, 1.165) is 16.9 Å². The predicted octanol–water partition coefficient (Wildman–Crippen LogP) is 3.47. The Morgan fingerprint density at radius 2 is 1.66 bits per heavy atom. The molecule has 154 valence electrons. The molecule has 0 saturated carbocycles. The number of ether oxygens (including phenoxy) is 2. The Morgan fingerprint density at radius 3 is 2.28 bits per heavy atom. The van der Waals surface area contributed by atoms with Crippen LogP contribution in [0.1, 0.15) is 45.0 Å². The Kier molecular flexibility index (Phi) is 8.29. The number of hydrogen-bond donors (Lipinski definition) is 2. The van der Waals surface area contributed by atoms with E-state index in [1.54, 1.807) is 20.8 Å². The molecule has 29 heavy (non-hydrogen) atoms. The summed E-state index contributed by atoms with van der Waals surface area (Å²) in [6.07, 6.45) is 0.158. The van der Waals surface area contributed by atoms with Crippen molar-refractivity contribution >= 4 is 51.5 Å². The highest BCUT2D eigenvalue weighted by Crippen LogP contribution is 2.34. The third kappa shape index (κ3) is 6.10. The minimum absolute atomic E-state index is 0.0214. The SMILES string of the molecule is CCOC(=O)c1sc(NC(=S)NC(=O)Cc2ccccc2)c(C(=O)OCC)c1C. The molecule has 0 aliphatic carbocycles. The standard InChI is InChI=1S/C20H22N2O5S2/c1-4-26-18(24)15-12(3)16(19(25)27-5-2)29-17(15)22-20(28)21-14(23)11-13-9-7-6-8-10-13/h6-10H,4-5,11H2,1-3H3,(H2,21,22,23,28). The van der Waals surface area contributed by atoms with Gasteiger partial charge in [-0.2, -0.15) is 0 Å². The van der Waals surface area contributed by atoms with Crippen LogP contribution >= 0.6 is 23.6 Å². The summed E-state index contributed by atoms with van der Waals surface area (Å²) < 4.78 is 10.1. The number of esters is 2. The van der Waals surface area contributed by atoms with Gasteiger partial charge in [-0.25, -0.2) is 9.59 Å². The summed E-state index contributed by atoms with van der Waals surface area (Å²) in [5.74, 6) is -1.42. The summed E-state index contributed by atoms with van der Waals surface area (Å²) >= 11 is 6.23. The third-order valence-electron chi connectivity index (χ3n) is 3.77. The van der Waals surface area contributed by atoms with E-state index in [9.17, 15) is 14.4 Å². The molecule has 0 saturated heterocycles. The minimum Gasteiger partial charge on any atom is -0.462 e. The normalized spacial score (nSPS) is 10.2. The van der Waals surface area contributed by atoms with Gasteiger partial charge in [-0.1, -0.05) is 30.3 Å². The fraction of sp³-hybridized carbons (Fsp3) is 0.300. The highest BCUT2D eigenvalue weighted by molar-refractivity contribution is 7.80. The average molecular weight is 435 g/mol. The second kappa shape index (κ2) is 10.7. The first-order chi connectivity index (χ1) is 13.9. The van der Waals surface area contributed by atoms with Gasteiger partial charge in [0.15, 0.2) is 5.11 Å². The van der Waals surface area contributed by atoms with E-state index in [4.69, 9.17) is 21.7 Å². The summed E-state index contributed by atoms with van der Waals surface area (Å²) in [4.78, 5) is 37.0. The monoisotopic (exact) mass is 434 g/mol. The summed E-state index contributed by atoms with van der Waals surface area (Å²) in [6.45, 7) is 5.41. The van der Waals surface area contributed by atoms with Gasteiger partial charge in [-0.05, 0) is 44.1 Å². The number of amides is 1. The first kappa shape index (κ1) is 22.5. The van der Waals surface area contributed by atoms with Gasteiger partial charge in [0.2, 0.25) is 5.91 Å². The molecule has 7 nitrogen and oxygen atoms in total. The quantitative estimate of drug-likeness (QED) is 0.509. The molecule has 2 N–H and O–H groups in total. The molecule has 1 aromatic heterocycles. The average Bonchev–Trinajstić information content (AvgIpc) is 2.98. The number of hydrogen-bond acceptors (Lipinski definition) is 7. The smallest absolute Gasteiger partial charge is 0.348 e. The van der Waals surface area contributed by atoms with E-state index >= 15 is 0 Å². The molecule has 2 aromatic rings. The van der Waals surface area contributed by atoms with Gasteiger partial charge in [-0.3, -0.25) is 4.79 Å². The number of benzene rings is 1. The van der Waals surface area contributed by atoms with E-state index < -0.39 is 11.9 Å². The Morgan fingerprint density at radius 1 is 1.03 bits per heavy atom. The molecule has 0 radical (unpaired) electrons. The molecule has 2 rings (SSSR count). The van der Waals surface area contributed by atoms with Crippen molar-refractivity contribution in [1.82, 2.24) is 5.32 Å². The van der Waals surface area contributed by atoms with Crippen molar-refractivity contribution in [3.63, 3.8) is 0 Å². The van der Waals surface area contributed by atoms with Crippen molar-refractivity contribution in [2.75, 3.05) is 18.5 Å². The second-order valence-electron chi connectivity index (χ2n) is 5.87. The number of rotatable bonds is 7. The Hall–Kier alpha value is -2.78. The fourth-order valence-electron chi connectivity index (χ4n) is 2.53. The molecule has 0 bridgehead atoms. The molecule has 1 heterocycles. The zero-order valence-electron chi connectivity index (χ0n) is 16.4. The lowest BCUT2D eigenvalue weighted by molar-refractivity contribution is -0.119. The van der Waals surface area contributed by atoms with Crippen molar-refractivity contribution in [1.29, 1.82) is 0 Å². The van der Waals surface area contributed by atoms with Crippen LogP contribution in [0.3, 0.4) is 0 Å². The molecule has 9 heteroatoms. The van der Waals surface area contributed by atoms with Crippen molar-refractivity contribution in [3.8, 4) is 0 Å². The zero-order chi connectivity index (χ0) is 21.4. The first-order valence-corrected chi connectivity index (χ1v) is 10.2. The molecule has 1 aromatic carbocycles. The van der Waals surface area contributed by atoms with Gasteiger partial charge in [0.25, 0.3) is 0 Å². The Balaban J connectivity index is 2.17. The summed E-state index contributed by atoms with van der Waals surface area (Å²) in [6, 6.07) is 9.23. The lowest BCUT2D eigenvalue weighted by Crippen LogP contribution is -2.35. The predicted molar refractivity (Wildman–Crippen MR) is 115 cm³/mol. The van der Waals surface area contributed by atoms with Crippen LogP contribution in [0.4, 0.5) is 5.00 Å². The maximum Gasteiger partial charge on any atom is 0.348 e. The minimum atomic E-state index is -0.585. The summed E-state index contributed by atoms with van der Waals surface area (Å²) in [5.41, 5.74) is 1.48. The molecule has 0 fully saturated rings. The van der Waals surface area contributed by atoms with Crippen LogP contribution in [0.5, 0.6) is 0 Å². The summed E-state index contributed by atoms with van der Waals surface area (Å²) in [5, 5.41) is 5.75. The van der Waals surface area contributed by atoms with E-state index in [1.165, 1.54) is 0 Å². The van der Waals surface area contributed by atoms with Crippen molar-refractivity contribution in [3.05, 3.63) is 51.9 Å². The first-order valence-electron chi connectivity index (χ1n) is 8.99. The lowest BCUT2D eigenvalue weighted by Gasteiger charge is -2.10. The lowest BCUT2D eigenvalue weighted by atomic mass is 10.1. The van der Waals surface area contributed by atoms with Crippen LogP contribution < -0.4 is 10.6 Å². The maximum absolute atomic E-state index is 12.4. The third-order valence-corrected chi connectivity index (χ3v) is 5.17. The molecule has 0 unspecified atom stereocenters. The highest BCUT2D eigenvalue weighted by Gasteiger charge is 2.27. The van der Waals surface area contributed by atoms with Crippen LogP contribution in [-0.4, -0.2) is 36.2 Å². The van der Waals surface area contributed by atoms with Gasteiger partial charge in [0.05, 0.1) is 25.2 Å². The van der Waals surface area contributed by atoms with E-state index in [2.05, 4.69) is 10.6 Å². The van der Waals surface area contributed by atoms with Crippen molar-refractivity contribution < 1.29 is 23.9 Å². The molecular formula is C20H22N2O5S2. The fourth-order valence-corrected chi connectivity index (χ4v) is 3.90. The van der Waals surface area contributed by atoms with Crippen LogP contribution in [0.2, 0.25) is 0 Å². The van der Waals surface area contributed by atoms with Gasteiger partial charge in [0.1, 0.15) is 9.88 Å². The van der Waals surface area contributed by atoms with Gasteiger partial charge < -0.3 is 20.1 Å². The van der Waals surface area contributed by atoms with Gasteiger partial charge in [0, 0.05) is 0 Å². The number of anilines is 1. The topological polar surface area (TPSA) is 93.7 Å².